The normalized spacial score (nSPS) is 18.7. The molecule has 2 amide bonds. The number of β-lactam (4-membered cyclic amide) rings is 1. The molecule has 1 heterocycles. The predicted molar refractivity (Wildman–Crippen MR) is 96.8 cm³/mol. The number of nitrogens with one attached hydrogen (secondary N) is 1. The third-order valence-electron chi connectivity index (χ3n) is 3.54. The Kier molecular flexibility index (Phi) is 6.57. The lowest BCUT2D eigenvalue weighted by molar-refractivity contribution is -0.156. The molecule has 2 rings (SSSR count). The number of rotatable bonds is 7. The van der Waals surface area contributed by atoms with Crippen LogP contribution in [0.25, 0.3) is 0 Å². The van der Waals surface area contributed by atoms with E-state index < -0.39 is 23.3 Å². The highest BCUT2D eigenvalue weighted by molar-refractivity contribution is 8.14. The van der Waals surface area contributed by atoms with Crippen molar-refractivity contribution in [3.05, 3.63) is 48.2 Å². The molecule has 1 aliphatic rings. The van der Waals surface area contributed by atoms with Crippen molar-refractivity contribution in [2.24, 2.45) is 0 Å². The Hall–Kier alpha value is -2.61. The minimum atomic E-state index is -0.849. The lowest BCUT2D eigenvalue weighted by Crippen LogP contribution is -2.70. The highest BCUT2D eigenvalue weighted by atomic mass is 32.2. The molecule has 0 spiro atoms. The summed E-state index contributed by atoms with van der Waals surface area (Å²) >= 11 is 0.892. The van der Waals surface area contributed by atoms with Crippen LogP contribution in [0.15, 0.2) is 42.7 Å². The number of carbonyl (C=O) groups is 4. The standard InChI is InChI=1S/C18H20N2O5S/c1-11(2)25-15(23)10-20-17(24)16(18(20)26-12(3)21)19-14(22)9-13-7-5-4-6-8-13/h4-8,16,18H,1,9-10H2,2-3H3,(H,19,22)/t16-,18-/m1/s1. The van der Waals surface area contributed by atoms with Crippen molar-refractivity contribution >= 4 is 34.7 Å². The summed E-state index contributed by atoms with van der Waals surface area (Å²) in [5.41, 5.74) is 0.814. The summed E-state index contributed by atoms with van der Waals surface area (Å²) in [5.74, 6) is -1.18. The SMILES string of the molecule is C=C(C)OC(=O)CN1C(=O)[C@@H](NC(=O)Cc2ccccc2)[C@H]1SC(C)=O. The van der Waals surface area contributed by atoms with Crippen LogP contribution in [0.5, 0.6) is 0 Å². The van der Waals surface area contributed by atoms with Gasteiger partial charge in [-0.2, -0.15) is 0 Å². The summed E-state index contributed by atoms with van der Waals surface area (Å²) in [4.78, 5) is 48.9. The zero-order chi connectivity index (χ0) is 19.3. The molecule has 0 unspecified atom stereocenters. The van der Waals surface area contributed by atoms with Crippen molar-refractivity contribution in [3.63, 3.8) is 0 Å². The van der Waals surface area contributed by atoms with E-state index in [0.717, 1.165) is 17.3 Å². The Labute approximate surface area is 155 Å². The number of allylic oxidation sites excluding steroid dienone is 1. The summed E-state index contributed by atoms with van der Waals surface area (Å²) < 4.78 is 4.84. The van der Waals surface area contributed by atoms with Crippen LogP contribution in [-0.2, 0) is 30.3 Å². The van der Waals surface area contributed by atoms with Crippen molar-refractivity contribution in [3.8, 4) is 0 Å². The zero-order valence-corrected chi connectivity index (χ0v) is 15.4. The van der Waals surface area contributed by atoms with E-state index in [1.165, 1.54) is 18.7 Å². The second kappa shape index (κ2) is 8.66. The number of ether oxygens (including phenoxy) is 1. The first-order valence-electron chi connectivity index (χ1n) is 7.95. The first-order chi connectivity index (χ1) is 12.3. The van der Waals surface area contributed by atoms with E-state index in [1.807, 2.05) is 30.3 Å². The zero-order valence-electron chi connectivity index (χ0n) is 14.6. The molecule has 1 aliphatic heterocycles. The van der Waals surface area contributed by atoms with Crippen molar-refractivity contribution in [1.29, 1.82) is 0 Å². The van der Waals surface area contributed by atoms with Crippen LogP contribution in [0, 0.1) is 0 Å². The first kappa shape index (κ1) is 19.7. The van der Waals surface area contributed by atoms with Gasteiger partial charge in [0.2, 0.25) is 11.8 Å². The number of carbonyl (C=O) groups excluding carboxylic acids is 4. The van der Waals surface area contributed by atoms with Gasteiger partial charge in [-0.3, -0.25) is 14.4 Å². The van der Waals surface area contributed by atoms with Crippen LogP contribution in [-0.4, -0.2) is 45.8 Å². The number of amides is 2. The fourth-order valence-corrected chi connectivity index (χ4v) is 3.46. The van der Waals surface area contributed by atoms with Crippen molar-refractivity contribution in [1.82, 2.24) is 10.2 Å². The number of benzene rings is 1. The monoisotopic (exact) mass is 376 g/mol. The predicted octanol–water partition coefficient (Wildman–Crippen LogP) is 1.24. The van der Waals surface area contributed by atoms with E-state index in [2.05, 4.69) is 11.9 Å². The quantitative estimate of drug-likeness (QED) is 0.437. The van der Waals surface area contributed by atoms with Gasteiger partial charge in [-0.25, -0.2) is 4.79 Å². The number of hydrogen-bond donors (Lipinski definition) is 1. The van der Waals surface area contributed by atoms with E-state index >= 15 is 0 Å². The van der Waals surface area contributed by atoms with Crippen LogP contribution in [0.2, 0.25) is 0 Å². The second-order valence-electron chi connectivity index (χ2n) is 5.85. The minimum absolute atomic E-state index is 0.125. The fourth-order valence-electron chi connectivity index (χ4n) is 2.50. The molecule has 8 heteroatoms. The molecule has 0 bridgehead atoms. The molecule has 0 radical (unpaired) electrons. The van der Waals surface area contributed by atoms with E-state index in [-0.39, 0.29) is 29.7 Å². The molecular weight excluding hydrogens is 356 g/mol. The number of likely N-dealkylation sites (tertiary alicyclic amines) is 1. The summed E-state index contributed by atoms with van der Waals surface area (Å²) in [5, 5.41) is 1.78. The van der Waals surface area contributed by atoms with E-state index in [9.17, 15) is 19.2 Å². The van der Waals surface area contributed by atoms with Gasteiger partial charge in [0.15, 0.2) is 5.12 Å². The number of nitrogens with zero attached hydrogens (tertiary/aromatic N) is 1. The Morgan fingerprint density at radius 1 is 1.23 bits per heavy atom. The molecule has 1 N–H and O–H groups in total. The average molecular weight is 376 g/mol. The van der Waals surface area contributed by atoms with Gasteiger partial charge in [0.1, 0.15) is 18.0 Å². The highest BCUT2D eigenvalue weighted by Crippen LogP contribution is 2.30. The van der Waals surface area contributed by atoms with Gasteiger partial charge in [0.05, 0.1) is 12.2 Å². The third-order valence-corrected chi connectivity index (χ3v) is 4.64. The van der Waals surface area contributed by atoms with E-state index in [4.69, 9.17) is 4.74 Å². The van der Waals surface area contributed by atoms with Gasteiger partial charge in [-0.05, 0) is 12.5 Å². The lowest BCUT2D eigenvalue weighted by Gasteiger charge is -2.45. The topological polar surface area (TPSA) is 92.8 Å². The van der Waals surface area contributed by atoms with Gasteiger partial charge in [0.25, 0.3) is 0 Å². The Balaban J connectivity index is 1.99. The van der Waals surface area contributed by atoms with Crippen LogP contribution in [0.4, 0.5) is 0 Å². The van der Waals surface area contributed by atoms with Crippen LogP contribution in [0.3, 0.4) is 0 Å². The largest absolute Gasteiger partial charge is 0.431 e. The number of thioether (sulfide) groups is 1. The molecule has 1 fully saturated rings. The van der Waals surface area contributed by atoms with Crippen LogP contribution >= 0.6 is 11.8 Å². The first-order valence-corrected chi connectivity index (χ1v) is 8.83. The minimum Gasteiger partial charge on any atom is -0.431 e. The van der Waals surface area contributed by atoms with Gasteiger partial charge < -0.3 is 15.0 Å². The maximum Gasteiger partial charge on any atom is 0.330 e. The lowest BCUT2D eigenvalue weighted by atomic mass is 10.1. The van der Waals surface area contributed by atoms with Gasteiger partial charge in [0, 0.05) is 6.92 Å². The average Bonchev–Trinajstić information content (AvgIpc) is 2.56. The summed E-state index contributed by atoms with van der Waals surface area (Å²) in [6, 6.07) is 8.25. The molecule has 26 heavy (non-hydrogen) atoms. The molecule has 7 nitrogen and oxygen atoms in total. The Morgan fingerprint density at radius 3 is 2.46 bits per heavy atom. The summed E-state index contributed by atoms with van der Waals surface area (Å²) in [7, 11) is 0. The fraction of sp³-hybridized carbons (Fsp3) is 0.333. The molecule has 138 valence electrons. The van der Waals surface area contributed by atoms with Gasteiger partial charge in [-0.15, -0.1) is 0 Å². The molecule has 0 aromatic heterocycles. The summed E-state index contributed by atoms with van der Waals surface area (Å²) in [6.07, 6.45) is 0.125. The van der Waals surface area contributed by atoms with Crippen molar-refractivity contribution in [2.75, 3.05) is 6.54 Å². The van der Waals surface area contributed by atoms with E-state index in [1.54, 1.807) is 0 Å². The van der Waals surface area contributed by atoms with Gasteiger partial charge >= 0.3 is 5.97 Å². The number of esters is 1. The highest BCUT2D eigenvalue weighted by Gasteiger charge is 2.50. The van der Waals surface area contributed by atoms with Crippen molar-refractivity contribution in [2.45, 2.75) is 31.7 Å². The molecule has 1 saturated heterocycles. The molecule has 1 aromatic rings. The van der Waals surface area contributed by atoms with E-state index in [0.29, 0.717) is 0 Å². The Bertz CT molecular complexity index is 734. The molecule has 1 aromatic carbocycles. The molecule has 2 atom stereocenters. The molecular formula is C18H20N2O5S. The maximum absolute atomic E-state index is 12.3. The third kappa shape index (κ3) is 5.19. The van der Waals surface area contributed by atoms with Crippen LogP contribution in [0.1, 0.15) is 19.4 Å². The van der Waals surface area contributed by atoms with Crippen LogP contribution < -0.4 is 5.32 Å². The summed E-state index contributed by atoms with van der Waals surface area (Å²) in [6.45, 7) is 6.04. The molecule has 0 saturated carbocycles. The molecule has 0 aliphatic carbocycles. The smallest absolute Gasteiger partial charge is 0.330 e. The van der Waals surface area contributed by atoms with Gasteiger partial charge in [-0.1, -0.05) is 48.7 Å². The number of hydrogen-bond acceptors (Lipinski definition) is 6. The van der Waals surface area contributed by atoms with Crippen molar-refractivity contribution < 1.29 is 23.9 Å². The second-order valence-corrected chi connectivity index (χ2v) is 7.14. The Morgan fingerprint density at radius 2 is 1.88 bits per heavy atom. The maximum atomic E-state index is 12.3.